The van der Waals surface area contributed by atoms with Gasteiger partial charge in [-0.25, -0.2) is 24.5 Å². The number of aryl methyl sites for hydroxylation is 1. The summed E-state index contributed by atoms with van der Waals surface area (Å²) < 4.78 is 25.5. The number of aromatic nitrogens is 4. The summed E-state index contributed by atoms with van der Waals surface area (Å²) in [4.78, 5) is 173. The van der Waals surface area contributed by atoms with Crippen LogP contribution < -0.4 is 74.1 Å². The minimum absolute atomic E-state index is 0.0271. The van der Waals surface area contributed by atoms with Crippen molar-refractivity contribution in [3.63, 3.8) is 0 Å². The predicted molar refractivity (Wildman–Crippen MR) is 410 cm³/mol. The molecule has 1 saturated carbocycles. The first kappa shape index (κ1) is 80.7. The number of nitrogens with two attached hydrogens (primary N) is 2. The summed E-state index contributed by atoms with van der Waals surface area (Å²) in [5.41, 5.74) is 14.0. The van der Waals surface area contributed by atoms with Crippen molar-refractivity contribution >= 4 is 98.7 Å². The second-order valence-corrected chi connectivity index (χ2v) is 28.1. The zero-order valence-electron chi connectivity index (χ0n) is 62.7. The number of hydrogen-bond acceptors (Lipinski definition) is 21. The number of fused-ring (bicyclic) bond motifs is 2. The molecule has 34 heteroatoms. The molecule has 590 valence electrons. The number of anilines is 2. The van der Waals surface area contributed by atoms with E-state index < -0.39 is 122 Å². The fourth-order valence-electron chi connectivity index (χ4n) is 13.8. The van der Waals surface area contributed by atoms with E-state index in [4.69, 9.17) is 35.6 Å². The number of nitrogens with zero attached hydrogens (tertiary/aromatic N) is 7. The van der Waals surface area contributed by atoms with Crippen LogP contribution in [0, 0.1) is 11.8 Å². The lowest BCUT2D eigenvalue weighted by molar-refractivity contribution is -0.132. The molecule has 3 aromatic heterocycles. The van der Waals surface area contributed by atoms with Crippen LogP contribution in [0.25, 0.3) is 32.9 Å². The van der Waals surface area contributed by atoms with Crippen LogP contribution in [0.1, 0.15) is 87.6 Å². The Hall–Kier alpha value is -12.3. The van der Waals surface area contributed by atoms with E-state index in [0.29, 0.717) is 70.3 Å². The second kappa shape index (κ2) is 36.9. The van der Waals surface area contributed by atoms with Crippen molar-refractivity contribution in [2.45, 2.75) is 107 Å². The average molecular weight is 1540 g/mol. The van der Waals surface area contributed by atoms with Crippen LogP contribution in [-0.4, -0.2) is 217 Å². The number of amides is 12. The number of carbonyl (C=O) groups is 11. The third kappa shape index (κ3) is 20.8. The Balaban J connectivity index is 0.742. The summed E-state index contributed by atoms with van der Waals surface area (Å²) in [7, 11) is 3.17. The van der Waals surface area contributed by atoms with E-state index in [0.717, 1.165) is 85.5 Å². The molecular formula is C78H92N18O16. The Kier molecular flexibility index (Phi) is 26.6. The van der Waals surface area contributed by atoms with Gasteiger partial charge < -0.3 is 92.3 Å². The molecule has 34 nitrogen and oxygen atoms in total. The van der Waals surface area contributed by atoms with Crippen molar-refractivity contribution in [2.24, 2.45) is 18.5 Å². The largest absolute Gasteiger partial charge is 0.495 e. The molecule has 11 rings (SSSR count). The molecule has 7 aromatic rings. The number of urea groups is 1. The molecule has 0 spiro atoms. The third-order valence-electron chi connectivity index (χ3n) is 20.0. The molecule has 4 aliphatic rings. The molecule has 112 heavy (non-hydrogen) atoms. The molecule has 13 N–H and O–H groups in total. The van der Waals surface area contributed by atoms with Crippen molar-refractivity contribution < 1.29 is 71.7 Å². The van der Waals surface area contributed by atoms with Gasteiger partial charge in [0.1, 0.15) is 36.7 Å². The van der Waals surface area contributed by atoms with Crippen molar-refractivity contribution in [1.82, 2.24) is 71.9 Å². The lowest BCUT2D eigenvalue weighted by atomic mass is 9.87. The zero-order chi connectivity index (χ0) is 79.6. The maximum atomic E-state index is 13.9. The number of ether oxygens (including phenoxy) is 4. The van der Waals surface area contributed by atoms with Gasteiger partial charge in [0.05, 0.1) is 69.3 Å². The van der Waals surface area contributed by atoms with E-state index in [1.807, 2.05) is 60.8 Å². The van der Waals surface area contributed by atoms with Crippen LogP contribution in [0.3, 0.4) is 0 Å². The number of hydrogen-bond donors (Lipinski definition) is 11. The normalized spacial score (nSPS) is 16.2. The topological polar surface area (TPSA) is 449 Å². The van der Waals surface area contributed by atoms with Crippen molar-refractivity contribution in [2.75, 3.05) is 102 Å². The Morgan fingerprint density at radius 3 is 2.12 bits per heavy atom. The number of carbonyl (C=O) groups excluding carboxylic acids is 11. The van der Waals surface area contributed by atoms with Gasteiger partial charge in [-0.2, -0.15) is 0 Å². The summed E-state index contributed by atoms with van der Waals surface area (Å²) in [5.74, 6) is 0.965. The number of benzene rings is 4. The highest BCUT2D eigenvalue weighted by Gasteiger charge is 2.45. The molecule has 4 fully saturated rings. The van der Waals surface area contributed by atoms with Crippen LogP contribution in [0.2, 0.25) is 0 Å². The lowest BCUT2D eigenvalue weighted by Gasteiger charge is -2.45. The quantitative estimate of drug-likeness (QED) is 0.0157. The van der Waals surface area contributed by atoms with Gasteiger partial charge in [-0.05, 0) is 98.5 Å². The van der Waals surface area contributed by atoms with Crippen molar-refractivity contribution in [3.8, 4) is 28.7 Å². The van der Waals surface area contributed by atoms with Gasteiger partial charge in [0.25, 0.3) is 11.5 Å². The number of aromatic amines is 1. The minimum Gasteiger partial charge on any atom is -0.495 e. The summed E-state index contributed by atoms with van der Waals surface area (Å²) >= 11 is 0. The Morgan fingerprint density at radius 2 is 1.44 bits per heavy atom. The fraction of sp³-hybridized carbons (Fsp3) is 0.410. The van der Waals surface area contributed by atoms with E-state index in [2.05, 4.69) is 80.8 Å². The molecule has 0 bridgehead atoms. The molecule has 3 aliphatic heterocycles. The van der Waals surface area contributed by atoms with Crippen molar-refractivity contribution in [3.05, 3.63) is 148 Å². The molecule has 12 amide bonds. The maximum absolute atomic E-state index is 13.9. The highest BCUT2D eigenvalue weighted by atomic mass is 16.6. The first-order valence-electron chi connectivity index (χ1n) is 36.9. The van der Waals surface area contributed by atoms with Gasteiger partial charge >= 0.3 is 12.1 Å². The number of piperidine rings is 2. The first-order chi connectivity index (χ1) is 53.9. The van der Waals surface area contributed by atoms with Gasteiger partial charge in [0.15, 0.2) is 12.2 Å². The summed E-state index contributed by atoms with van der Waals surface area (Å²) in [6.07, 6.45) is 6.62. The Morgan fingerprint density at radius 1 is 0.741 bits per heavy atom. The molecule has 3 saturated heterocycles. The monoisotopic (exact) mass is 1540 g/mol. The van der Waals surface area contributed by atoms with Crippen LogP contribution in [0.15, 0.2) is 120 Å². The molecule has 0 unspecified atom stereocenters. The third-order valence-corrected chi connectivity index (χ3v) is 20.0. The number of rotatable bonds is 33. The maximum Gasteiger partial charge on any atom is 0.405 e. The number of imide groups is 1. The standard InChI is InChI=1S/C78H92N18O16/c1-48(97)88-60(39-63(79)98)72(105)83-40-64(99)85-46-96-68(103)26-33-95(76(96)108)61-37-50(17-22-62(61)109-4)14-11-29-87-77(2)27-34-93(35-28-77)53-24-31-94(32-25-53)75-90-58-21-18-51(57-43-92(3)73(106)69-55(57)23-30-81-69)38-56(58)70(91-75)78(112-54-19-20-54,52-15-9-6-10-16-52)45-110-47-86-65(100)41-84-71(104)59(36-49-12-7-5-8-13-49)89-66(101)42-82-67(102)44-111-74(80)107/h5-10,12-13,15-18,21-23,30,37-38,43,53-54,59-60,81,87H,19-20,24-29,31-36,39-42,44-47H2,1-4H3,(H2,79,98)(H2,80,107)(H,82,102)(H,83,105)(H,84,104)(H,85,99)(H,86,100)(H,88,97)(H,89,101)/t59-,60-,78-/m0/s1. The summed E-state index contributed by atoms with van der Waals surface area (Å²) in [5, 5.41) is 22.4. The van der Waals surface area contributed by atoms with Gasteiger partial charge in [-0.3, -0.25) is 52.8 Å². The van der Waals surface area contributed by atoms with Crippen molar-refractivity contribution in [1.29, 1.82) is 0 Å². The smallest absolute Gasteiger partial charge is 0.405 e. The highest BCUT2D eigenvalue weighted by Crippen LogP contribution is 2.44. The molecule has 1 aliphatic carbocycles. The van der Waals surface area contributed by atoms with E-state index in [1.165, 1.54) is 12.0 Å². The molecule has 0 radical (unpaired) electrons. The number of H-pyrrole nitrogens is 1. The van der Waals surface area contributed by atoms with Gasteiger partial charge in [0.2, 0.25) is 53.2 Å². The van der Waals surface area contributed by atoms with Gasteiger partial charge in [0, 0.05) is 105 Å². The van der Waals surface area contributed by atoms with Crippen LogP contribution in [-0.2, 0) is 76.4 Å². The number of nitrogens with one attached hydrogen (secondary N) is 9. The SMILES string of the molecule is COc1ccc(C#CCNC2(C)CCN(C3CCN(c4nc([C@@](COCNC(=O)CNC(=O)[C@H](Cc5ccccc5)NC(=O)CNC(=O)COC(N)=O)(OC5CC5)c5ccccc5)c5cc(-c6cn(C)c(=O)c7[nH]ccc67)ccc5n4)CC3)CC2)cc1N1CCC(=O)N(CNC(=O)CNC(=O)[C@H](CC(N)=O)NC(C)=O)C1=O. The zero-order valence-corrected chi connectivity index (χ0v) is 62.7. The molecule has 3 atom stereocenters. The Bertz CT molecular complexity index is 4780. The Labute approximate surface area is 644 Å². The first-order valence-corrected chi connectivity index (χ1v) is 36.9. The van der Waals surface area contributed by atoms with Crippen LogP contribution >= 0.6 is 0 Å². The van der Waals surface area contributed by atoms with Gasteiger partial charge in [-0.1, -0.05) is 78.6 Å². The lowest BCUT2D eigenvalue weighted by Crippen LogP contribution is -2.56. The van der Waals surface area contributed by atoms with Crippen LogP contribution in [0.4, 0.5) is 21.2 Å². The minimum atomic E-state index is -1.40. The molecule has 6 heterocycles. The number of likely N-dealkylation sites (tertiary alicyclic amines) is 1. The van der Waals surface area contributed by atoms with E-state index in [-0.39, 0.29) is 56.0 Å². The highest BCUT2D eigenvalue weighted by molar-refractivity contribution is 6.07. The van der Waals surface area contributed by atoms with E-state index in [9.17, 15) is 57.5 Å². The summed E-state index contributed by atoms with van der Waals surface area (Å²) in [6, 6.07) is 28.7. The average Bonchev–Trinajstić information content (AvgIpc) is 1.28. The fourth-order valence-corrected chi connectivity index (χ4v) is 13.8. The number of methoxy groups -OCH3 is 1. The second-order valence-electron chi connectivity index (χ2n) is 28.1. The van der Waals surface area contributed by atoms with E-state index in [1.54, 1.807) is 66.3 Å². The number of pyridine rings is 1. The number of primary amides is 2. The predicted octanol–water partition coefficient (Wildman–Crippen LogP) is 1.25. The van der Waals surface area contributed by atoms with Gasteiger partial charge in [-0.15, -0.1) is 0 Å². The summed E-state index contributed by atoms with van der Waals surface area (Å²) in [6.45, 7) is 3.45. The van der Waals surface area contributed by atoms with Crippen LogP contribution in [0.5, 0.6) is 5.75 Å². The molecule has 4 aromatic carbocycles. The van der Waals surface area contributed by atoms with E-state index >= 15 is 0 Å². The molecular weight excluding hydrogens is 1440 g/mol.